The van der Waals surface area contributed by atoms with Crippen LogP contribution in [0.5, 0.6) is 0 Å². The molecule has 4 rings (SSSR count). The van der Waals surface area contributed by atoms with Crippen LogP contribution < -0.4 is 10.9 Å². The zero-order valence-electron chi connectivity index (χ0n) is 18.5. The van der Waals surface area contributed by atoms with Gasteiger partial charge in [0.1, 0.15) is 17.3 Å². The van der Waals surface area contributed by atoms with Crippen LogP contribution in [0.25, 0.3) is 22.2 Å². The van der Waals surface area contributed by atoms with E-state index in [9.17, 15) is 24.3 Å². The fourth-order valence-corrected chi connectivity index (χ4v) is 3.70. The second kappa shape index (κ2) is 9.59. The van der Waals surface area contributed by atoms with Gasteiger partial charge in [-0.1, -0.05) is 35.5 Å². The van der Waals surface area contributed by atoms with E-state index >= 15 is 0 Å². The van der Waals surface area contributed by atoms with Gasteiger partial charge in [-0.25, -0.2) is 9.48 Å². The lowest BCUT2D eigenvalue weighted by atomic mass is 10.0. The van der Waals surface area contributed by atoms with Crippen molar-refractivity contribution < 1.29 is 29.0 Å². The van der Waals surface area contributed by atoms with Crippen molar-refractivity contribution in [1.82, 2.24) is 15.0 Å². The highest BCUT2D eigenvalue weighted by Crippen LogP contribution is 2.25. The van der Waals surface area contributed by atoms with Crippen LogP contribution in [-0.2, 0) is 20.8 Å². The van der Waals surface area contributed by atoms with Crippen molar-refractivity contribution in [3.8, 4) is 11.3 Å². The van der Waals surface area contributed by atoms with E-state index in [4.69, 9.17) is 9.52 Å². The van der Waals surface area contributed by atoms with Crippen molar-refractivity contribution in [2.75, 3.05) is 5.32 Å². The number of aryl methyl sites for hydroxylation is 1. The van der Waals surface area contributed by atoms with Gasteiger partial charge in [-0.05, 0) is 24.6 Å². The van der Waals surface area contributed by atoms with E-state index in [0.717, 1.165) is 5.56 Å². The number of nitrogens with zero attached hydrogens (tertiary/aromatic N) is 3. The van der Waals surface area contributed by atoms with E-state index in [0.29, 0.717) is 16.6 Å². The Labute approximate surface area is 197 Å². The molecule has 0 spiro atoms. The van der Waals surface area contributed by atoms with E-state index in [1.807, 2.05) is 30.3 Å². The summed E-state index contributed by atoms with van der Waals surface area (Å²) in [5.74, 6) is -3.01. The van der Waals surface area contributed by atoms with Gasteiger partial charge in [0.25, 0.3) is 0 Å². The van der Waals surface area contributed by atoms with Crippen molar-refractivity contribution in [2.45, 2.75) is 25.8 Å². The zero-order valence-corrected chi connectivity index (χ0v) is 18.5. The van der Waals surface area contributed by atoms with Gasteiger partial charge in [0.15, 0.2) is 0 Å². The van der Waals surface area contributed by atoms with Crippen molar-refractivity contribution in [3.05, 3.63) is 76.3 Å². The van der Waals surface area contributed by atoms with Crippen LogP contribution in [0, 0.1) is 6.92 Å². The molecule has 0 fully saturated rings. The topological polar surface area (TPSA) is 165 Å². The molecular formula is C24H20N4O7. The largest absolute Gasteiger partial charge is 0.481 e. The minimum Gasteiger partial charge on any atom is -0.481 e. The SMILES string of the molecule is Cc1c(CC(=O)O)c(=O)oc2cc(NC(=O)C(CC(=O)O)n3cc(-c4ccccc4)nn3)ccc12. The summed E-state index contributed by atoms with van der Waals surface area (Å²) in [6, 6.07) is 12.5. The van der Waals surface area contributed by atoms with E-state index < -0.39 is 42.4 Å². The second-order valence-corrected chi connectivity index (χ2v) is 7.83. The summed E-state index contributed by atoms with van der Waals surface area (Å²) in [5, 5.41) is 29.5. The highest BCUT2D eigenvalue weighted by molar-refractivity contribution is 5.97. The standard InChI is InChI=1S/C24H20N4O7/c1-13-16-8-7-15(9-20(16)35-24(34)17(13)10-21(29)30)25-23(33)19(11-22(31)32)28-12-18(26-27-28)14-5-3-2-4-6-14/h2-9,12,19H,10-11H2,1H3,(H,25,33)(H,29,30)(H,31,32). The number of carbonyl (C=O) groups excluding carboxylic acids is 1. The van der Waals surface area contributed by atoms with Crippen LogP contribution in [0.15, 0.2) is 63.9 Å². The number of carboxylic acids is 2. The maximum atomic E-state index is 13.0. The van der Waals surface area contributed by atoms with Crippen LogP contribution >= 0.6 is 0 Å². The molecule has 35 heavy (non-hydrogen) atoms. The van der Waals surface area contributed by atoms with Crippen LogP contribution in [0.2, 0.25) is 0 Å². The van der Waals surface area contributed by atoms with E-state index in [1.165, 1.54) is 16.9 Å². The number of carbonyl (C=O) groups is 3. The Morgan fingerprint density at radius 3 is 2.51 bits per heavy atom. The summed E-state index contributed by atoms with van der Waals surface area (Å²) in [4.78, 5) is 47.8. The number of hydrogen-bond acceptors (Lipinski definition) is 7. The molecule has 0 saturated carbocycles. The Hall–Kier alpha value is -4.80. The lowest BCUT2D eigenvalue weighted by Crippen LogP contribution is -2.28. The number of aliphatic carboxylic acids is 2. The molecule has 0 aliphatic rings. The maximum absolute atomic E-state index is 13.0. The third-order valence-corrected chi connectivity index (χ3v) is 5.45. The highest BCUT2D eigenvalue weighted by Gasteiger charge is 2.26. The molecule has 0 aliphatic heterocycles. The Morgan fingerprint density at radius 1 is 1.09 bits per heavy atom. The molecule has 0 saturated heterocycles. The fraction of sp³-hybridized carbons (Fsp3) is 0.167. The monoisotopic (exact) mass is 476 g/mol. The number of aromatic nitrogens is 3. The van der Waals surface area contributed by atoms with E-state index in [-0.39, 0.29) is 16.8 Å². The normalized spacial score (nSPS) is 11.8. The number of hydrogen-bond donors (Lipinski definition) is 3. The summed E-state index contributed by atoms with van der Waals surface area (Å²) >= 11 is 0. The van der Waals surface area contributed by atoms with Gasteiger partial charge in [-0.3, -0.25) is 14.4 Å². The molecule has 2 aromatic carbocycles. The highest BCUT2D eigenvalue weighted by atomic mass is 16.4. The van der Waals surface area contributed by atoms with Crippen molar-refractivity contribution in [2.24, 2.45) is 0 Å². The van der Waals surface area contributed by atoms with Gasteiger partial charge in [-0.15, -0.1) is 5.10 Å². The Bertz CT molecular complexity index is 1490. The quantitative estimate of drug-likeness (QED) is 0.324. The van der Waals surface area contributed by atoms with E-state index in [1.54, 1.807) is 19.1 Å². The molecule has 0 radical (unpaired) electrons. The average molecular weight is 476 g/mol. The minimum absolute atomic E-state index is 0.0451. The lowest BCUT2D eigenvalue weighted by molar-refractivity contribution is -0.140. The summed E-state index contributed by atoms with van der Waals surface area (Å²) < 4.78 is 6.46. The summed E-state index contributed by atoms with van der Waals surface area (Å²) in [6.07, 6.45) is 0.487. The summed E-state index contributed by atoms with van der Waals surface area (Å²) in [7, 11) is 0. The van der Waals surface area contributed by atoms with Crippen LogP contribution in [0.4, 0.5) is 5.69 Å². The molecule has 1 amide bonds. The molecule has 11 nitrogen and oxygen atoms in total. The fourth-order valence-electron chi connectivity index (χ4n) is 3.70. The molecule has 0 aliphatic carbocycles. The van der Waals surface area contributed by atoms with Gasteiger partial charge >= 0.3 is 17.6 Å². The van der Waals surface area contributed by atoms with Crippen LogP contribution in [-0.4, -0.2) is 43.1 Å². The molecule has 3 N–H and O–H groups in total. The van der Waals surface area contributed by atoms with Gasteiger partial charge in [0.2, 0.25) is 5.91 Å². The Morgan fingerprint density at radius 2 is 1.83 bits per heavy atom. The third kappa shape index (κ3) is 5.08. The van der Waals surface area contributed by atoms with Gasteiger partial charge in [0.05, 0.1) is 24.6 Å². The third-order valence-electron chi connectivity index (χ3n) is 5.45. The Balaban J connectivity index is 1.62. The number of carboxylic acid groups (broad SMARTS) is 2. The molecule has 4 aromatic rings. The minimum atomic E-state index is -1.20. The molecule has 1 unspecified atom stereocenters. The molecule has 2 aromatic heterocycles. The summed E-state index contributed by atoms with van der Waals surface area (Å²) in [5.41, 5.74) is 1.39. The molecule has 0 bridgehead atoms. The Kier molecular flexibility index (Phi) is 6.40. The number of rotatable bonds is 8. The molecule has 1 atom stereocenters. The smallest absolute Gasteiger partial charge is 0.340 e. The van der Waals surface area contributed by atoms with E-state index in [2.05, 4.69) is 15.6 Å². The predicted octanol–water partition coefficient (Wildman–Crippen LogP) is 2.64. The second-order valence-electron chi connectivity index (χ2n) is 7.83. The van der Waals surface area contributed by atoms with Gasteiger partial charge in [0, 0.05) is 22.7 Å². The van der Waals surface area contributed by atoms with Crippen LogP contribution in [0.3, 0.4) is 0 Å². The first-order valence-corrected chi connectivity index (χ1v) is 10.5. The van der Waals surface area contributed by atoms with Crippen LogP contribution in [0.1, 0.15) is 23.6 Å². The number of nitrogens with one attached hydrogen (secondary N) is 1. The number of benzene rings is 2. The molecule has 2 heterocycles. The molecule has 11 heteroatoms. The first-order valence-electron chi connectivity index (χ1n) is 10.5. The van der Waals surface area contributed by atoms with Crippen molar-refractivity contribution >= 4 is 34.5 Å². The number of fused-ring (bicyclic) bond motifs is 1. The first-order chi connectivity index (χ1) is 16.7. The number of anilines is 1. The van der Waals surface area contributed by atoms with Crippen molar-refractivity contribution in [3.63, 3.8) is 0 Å². The van der Waals surface area contributed by atoms with Gasteiger partial charge < -0.3 is 19.9 Å². The van der Waals surface area contributed by atoms with Gasteiger partial charge in [-0.2, -0.15) is 0 Å². The average Bonchev–Trinajstić information content (AvgIpc) is 3.30. The zero-order chi connectivity index (χ0) is 25.1. The lowest BCUT2D eigenvalue weighted by Gasteiger charge is -2.15. The molecular weight excluding hydrogens is 456 g/mol. The summed E-state index contributed by atoms with van der Waals surface area (Å²) in [6.45, 7) is 1.62. The number of amides is 1. The first kappa shape index (κ1) is 23.4. The predicted molar refractivity (Wildman–Crippen MR) is 124 cm³/mol. The molecule has 178 valence electrons. The van der Waals surface area contributed by atoms with Crippen molar-refractivity contribution in [1.29, 1.82) is 0 Å². The maximum Gasteiger partial charge on any atom is 0.340 e.